The van der Waals surface area contributed by atoms with E-state index in [1.54, 1.807) is 6.07 Å². The van der Waals surface area contributed by atoms with E-state index in [1.165, 1.54) is 11.3 Å². The van der Waals surface area contributed by atoms with Gasteiger partial charge in [0, 0.05) is 4.88 Å². The van der Waals surface area contributed by atoms with Crippen LogP contribution in [0, 0.1) is 12.3 Å². The average Bonchev–Trinajstić information content (AvgIpc) is 2.34. The van der Waals surface area contributed by atoms with Crippen LogP contribution in [-0.2, 0) is 0 Å². The van der Waals surface area contributed by atoms with Gasteiger partial charge in [-0.25, -0.2) is 0 Å². The van der Waals surface area contributed by atoms with Gasteiger partial charge in [-0.1, -0.05) is 17.5 Å². The normalized spacial score (nSPS) is 12.5. The highest BCUT2D eigenvalue weighted by atomic mass is 35.5. The summed E-state index contributed by atoms with van der Waals surface area (Å²) in [5, 5.41) is 0. The fraction of sp³-hybridized carbons (Fsp3) is 0.143. The first-order chi connectivity index (χ1) is 4.74. The molecule has 1 nitrogen and oxygen atoms in total. The summed E-state index contributed by atoms with van der Waals surface area (Å²) in [6.45, 7) is 0. The van der Waals surface area contributed by atoms with Crippen molar-refractivity contribution in [2.24, 2.45) is 5.73 Å². The molecule has 0 spiro atoms. The standard InChI is InChI=1S/C7H6ClNS/c1-2-5(9)6-3-4-7(8)10-6/h1,3-5H,9H2. The molecule has 2 N–H and O–H groups in total. The van der Waals surface area contributed by atoms with E-state index in [0.717, 1.165) is 9.21 Å². The van der Waals surface area contributed by atoms with Crippen molar-refractivity contribution in [3.8, 4) is 12.3 Å². The summed E-state index contributed by atoms with van der Waals surface area (Å²) in [4.78, 5) is 0.938. The molecule has 10 heavy (non-hydrogen) atoms. The van der Waals surface area contributed by atoms with Crippen LogP contribution in [0.4, 0.5) is 0 Å². The molecular weight excluding hydrogens is 166 g/mol. The highest BCUT2D eigenvalue weighted by Crippen LogP contribution is 2.24. The third kappa shape index (κ3) is 1.51. The largest absolute Gasteiger partial charge is 0.313 e. The van der Waals surface area contributed by atoms with Gasteiger partial charge in [0.1, 0.15) is 6.04 Å². The molecule has 1 aromatic heterocycles. The third-order valence-electron chi connectivity index (χ3n) is 1.08. The minimum atomic E-state index is -0.308. The Labute approximate surface area is 68.8 Å². The lowest BCUT2D eigenvalue weighted by Crippen LogP contribution is -2.04. The second-order valence-corrected chi connectivity index (χ2v) is 3.53. The lowest BCUT2D eigenvalue weighted by molar-refractivity contribution is 0.974. The highest BCUT2D eigenvalue weighted by molar-refractivity contribution is 7.16. The molecule has 52 valence electrons. The van der Waals surface area contributed by atoms with E-state index in [-0.39, 0.29) is 6.04 Å². The molecular formula is C7H6ClNS. The van der Waals surface area contributed by atoms with Crippen molar-refractivity contribution >= 4 is 22.9 Å². The summed E-state index contributed by atoms with van der Waals surface area (Å²) in [7, 11) is 0. The van der Waals surface area contributed by atoms with E-state index in [2.05, 4.69) is 5.92 Å². The summed E-state index contributed by atoms with van der Waals surface area (Å²) in [6.07, 6.45) is 5.10. The summed E-state index contributed by atoms with van der Waals surface area (Å²) in [5.41, 5.74) is 5.52. The molecule has 0 radical (unpaired) electrons. The van der Waals surface area contributed by atoms with Crippen LogP contribution in [0.2, 0.25) is 4.34 Å². The molecule has 1 unspecified atom stereocenters. The quantitative estimate of drug-likeness (QED) is 0.643. The predicted octanol–water partition coefficient (Wildman–Crippen LogP) is 2.03. The molecule has 0 aliphatic rings. The molecule has 0 fully saturated rings. The zero-order chi connectivity index (χ0) is 7.56. The number of hydrogen-bond donors (Lipinski definition) is 1. The van der Waals surface area contributed by atoms with Crippen LogP contribution in [0.15, 0.2) is 12.1 Å². The minimum Gasteiger partial charge on any atom is -0.313 e. The number of terminal acetylenes is 1. The predicted molar refractivity (Wildman–Crippen MR) is 45.1 cm³/mol. The molecule has 0 aromatic carbocycles. The Morgan fingerprint density at radius 1 is 1.70 bits per heavy atom. The first kappa shape index (κ1) is 7.62. The molecule has 0 aliphatic carbocycles. The van der Waals surface area contributed by atoms with Crippen molar-refractivity contribution < 1.29 is 0 Å². The van der Waals surface area contributed by atoms with E-state index in [0.29, 0.717) is 0 Å². The molecule has 0 aliphatic heterocycles. The Balaban J connectivity index is 2.87. The summed E-state index contributed by atoms with van der Waals surface area (Å²) in [6, 6.07) is 3.33. The van der Waals surface area contributed by atoms with E-state index in [9.17, 15) is 0 Å². The molecule has 1 rings (SSSR count). The van der Waals surface area contributed by atoms with Gasteiger partial charge in [0.25, 0.3) is 0 Å². The van der Waals surface area contributed by atoms with Crippen LogP contribution in [0.25, 0.3) is 0 Å². The zero-order valence-electron chi connectivity index (χ0n) is 5.17. The molecule has 1 atom stereocenters. The fourth-order valence-corrected chi connectivity index (χ4v) is 1.60. The first-order valence-corrected chi connectivity index (χ1v) is 3.90. The smallest absolute Gasteiger partial charge is 0.101 e. The summed E-state index contributed by atoms with van der Waals surface area (Å²) >= 11 is 7.07. The molecule has 0 saturated heterocycles. The van der Waals surface area contributed by atoms with E-state index >= 15 is 0 Å². The summed E-state index contributed by atoms with van der Waals surface area (Å²) in [5.74, 6) is 2.42. The Morgan fingerprint density at radius 2 is 2.40 bits per heavy atom. The van der Waals surface area contributed by atoms with Crippen molar-refractivity contribution in [2.45, 2.75) is 6.04 Å². The number of nitrogens with two attached hydrogens (primary N) is 1. The van der Waals surface area contributed by atoms with Gasteiger partial charge in [-0.3, -0.25) is 0 Å². The van der Waals surface area contributed by atoms with Gasteiger partial charge in [0.15, 0.2) is 0 Å². The van der Waals surface area contributed by atoms with Crippen molar-refractivity contribution in [3.05, 3.63) is 21.3 Å². The van der Waals surface area contributed by atoms with Crippen molar-refractivity contribution in [3.63, 3.8) is 0 Å². The van der Waals surface area contributed by atoms with Crippen LogP contribution in [-0.4, -0.2) is 0 Å². The number of hydrogen-bond acceptors (Lipinski definition) is 2. The number of rotatable bonds is 1. The number of thiophene rings is 1. The Kier molecular flexibility index (Phi) is 2.34. The van der Waals surface area contributed by atoms with Crippen LogP contribution >= 0.6 is 22.9 Å². The molecule has 0 saturated carbocycles. The number of halogens is 1. The average molecular weight is 172 g/mol. The topological polar surface area (TPSA) is 26.0 Å². The van der Waals surface area contributed by atoms with Gasteiger partial charge in [-0.05, 0) is 12.1 Å². The van der Waals surface area contributed by atoms with E-state index < -0.39 is 0 Å². The SMILES string of the molecule is C#CC(N)c1ccc(Cl)s1. The van der Waals surface area contributed by atoms with Crippen LogP contribution in [0.3, 0.4) is 0 Å². The molecule has 1 aromatic rings. The molecule has 0 amide bonds. The maximum atomic E-state index is 5.66. The van der Waals surface area contributed by atoms with Gasteiger partial charge in [0.05, 0.1) is 4.34 Å². The maximum absolute atomic E-state index is 5.66. The lowest BCUT2D eigenvalue weighted by atomic mass is 10.3. The second kappa shape index (κ2) is 3.07. The minimum absolute atomic E-state index is 0.308. The van der Waals surface area contributed by atoms with E-state index in [1.807, 2.05) is 6.07 Å². The maximum Gasteiger partial charge on any atom is 0.101 e. The monoisotopic (exact) mass is 171 g/mol. The van der Waals surface area contributed by atoms with Crippen LogP contribution < -0.4 is 5.73 Å². The fourth-order valence-electron chi connectivity index (χ4n) is 0.578. The van der Waals surface area contributed by atoms with Crippen molar-refractivity contribution in [1.29, 1.82) is 0 Å². The van der Waals surface area contributed by atoms with Gasteiger partial charge in [-0.2, -0.15) is 0 Å². The molecule has 0 bridgehead atoms. The van der Waals surface area contributed by atoms with Crippen LogP contribution in [0.5, 0.6) is 0 Å². The zero-order valence-corrected chi connectivity index (χ0v) is 6.75. The second-order valence-electron chi connectivity index (χ2n) is 1.79. The highest BCUT2D eigenvalue weighted by Gasteiger charge is 2.03. The van der Waals surface area contributed by atoms with Crippen LogP contribution in [0.1, 0.15) is 10.9 Å². The third-order valence-corrected chi connectivity index (χ3v) is 2.39. The molecule has 1 heterocycles. The van der Waals surface area contributed by atoms with Gasteiger partial charge in [0.2, 0.25) is 0 Å². The van der Waals surface area contributed by atoms with E-state index in [4.69, 9.17) is 23.8 Å². The van der Waals surface area contributed by atoms with Gasteiger partial charge < -0.3 is 5.73 Å². The Bertz CT molecular complexity index is 261. The first-order valence-electron chi connectivity index (χ1n) is 2.71. The Hall–Kier alpha value is -0.490. The molecule has 3 heteroatoms. The lowest BCUT2D eigenvalue weighted by Gasteiger charge is -1.96. The van der Waals surface area contributed by atoms with Gasteiger partial charge in [-0.15, -0.1) is 17.8 Å². The van der Waals surface area contributed by atoms with Crippen molar-refractivity contribution in [1.82, 2.24) is 0 Å². The Morgan fingerprint density at radius 3 is 2.80 bits per heavy atom. The summed E-state index contributed by atoms with van der Waals surface area (Å²) < 4.78 is 0.723. The van der Waals surface area contributed by atoms with Crippen molar-refractivity contribution in [2.75, 3.05) is 0 Å². The van der Waals surface area contributed by atoms with Gasteiger partial charge >= 0.3 is 0 Å².